The maximum absolute atomic E-state index is 4.22. The first-order valence-corrected chi connectivity index (χ1v) is 6.98. The van der Waals surface area contributed by atoms with Gasteiger partial charge in [0.05, 0.1) is 6.20 Å². The lowest BCUT2D eigenvalue weighted by atomic mass is 10.1. The Labute approximate surface area is 103 Å². The van der Waals surface area contributed by atoms with Gasteiger partial charge in [0.2, 0.25) is 0 Å². The molecule has 1 atom stereocenters. The molecule has 16 heavy (non-hydrogen) atoms. The zero-order valence-corrected chi connectivity index (χ0v) is 11.8. The molecule has 3 nitrogen and oxygen atoms in total. The second-order valence-electron chi connectivity index (χ2n) is 4.75. The Morgan fingerprint density at radius 2 is 2.25 bits per heavy atom. The molecule has 0 saturated heterocycles. The van der Waals surface area contributed by atoms with Gasteiger partial charge in [0, 0.05) is 36.1 Å². The fraction of sp³-hybridized carbons (Fsp3) is 0.750. The van der Waals surface area contributed by atoms with Crippen LogP contribution < -0.4 is 5.32 Å². The van der Waals surface area contributed by atoms with Crippen molar-refractivity contribution in [2.75, 3.05) is 12.8 Å². The molecule has 0 amide bonds. The lowest BCUT2D eigenvalue weighted by Gasteiger charge is -2.25. The predicted molar refractivity (Wildman–Crippen MR) is 71.8 cm³/mol. The fourth-order valence-corrected chi connectivity index (χ4v) is 1.79. The van der Waals surface area contributed by atoms with Crippen LogP contribution in [-0.2, 0) is 7.05 Å². The molecule has 0 bridgehead atoms. The molecule has 0 aliphatic rings. The monoisotopic (exact) mass is 241 g/mol. The molecule has 0 aromatic carbocycles. The van der Waals surface area contributed by atoms with Crippen molar-refractivity contribution in [3.05, 3.63) is 18.0 Å². The van der Waals surface area contributed by atoms with Crippen molar-refractivity contribution >= 4 is 11.8 Å². The van der Waals surface area contributed by atoms with Gasteiger partial charge in [0.25, 0.3) is 0 Å². The SMILES string of the molecule is CCC(NCC(C)(C)SC)c1cnn(C)c1. The van der Waals surface area contributed by atoms with Crippen molar-refractivity contribution in [1.29, 1.82) is 0 Å². The third kappa shape index (κ3) is 3.83. The Bertz CT molecular complexity index is 320. The average Bonchev–Trinajstić information content (AvgIpc) is 2.66. The normalized spacial score (nSPS) is 14.1. The van der Waals surface area contributed by atoms with Gasteiger partial charge in [-0.05, 0) is 26.5 Å². The quantitative estimate of drug-likeness (QED) is 0.830. The molecule has 0 spiro atoms. The average molecular weight is 241 g/mol. The summed E-state index contributed by atoms with van der Waals surface area (Å²) in [6.07, 6.45) is 7.30. The van der Waals surface area contributed by atoms with E-state index in [1.807, 2.05) is 29.7 Å². The van der Waals surface area contributed by atoms with E-state index < -0.39 is 0 Å². The van der Waals surface area contributed by atoms with Crippen LogP contribution in [0.3, 0.4) is 0 Å². The number of aromatic nitrogens is 2. The summed E-state index contributed by atoms with van der Waals surface area (Å²) in [7, 11) is 1.96. The van der Waals surface area contributed by atoms with E-state index in [-0.39, 0.29) is 4.75 Å². The number of aryl methyl sites for hydroxylation is 1. The van der Waals surface area contributed by atoms with Crippen LogP contribution in [0.4, 0.5) is 0 Å². The Kier molecular flexibility index (Phi) is 4.87. The summed E-state index contributed by atoms with van der Waals surface area (Å²) >= 11 is 1.90. The number of rotatable bonds is 6. The van der Waals surface area contributed by atoms with Gasteiger partial charge in [0.15, 0.2) is 0 Å². The first-order chi connectivity index (χ1) is 7.48. The molecule has 0 aliphatic carbocycles. The molecule has 1 aromatic rings. The zero-order valence-electron chi connectivity index (χ0n) is 10.9. The number of thioether (sulfide) groups is 1. The standard InChI is InChI=1S/C12H23N3S/c1-6-11(10-7-14-15(4)8-10)13-9-12(2,3)16-5/h7-8,11,13H,6,9H2,1-5H3. The summed E-state index contributed by atoms with van der Waals surface area (Å²) < 4.78 is 2.15. The summed E-state index contributed by atoms with van der Waals surface area (Å²) in [6.45, 7) is 7.75. The van der Waals surface area contributed by atoms with Gasteiger partial charge >= 0.3 is 0 Å². The van der Waals surface area contributed by atoms with Gasteiger partial charge in [-0.15, -0.1) is 0 Å². The van der Waals surface area contributed by atoms with E-state index in [1.165, 1.54) is 5.56 Å². The number of hydrogen-bond donors (Lipinski definition) is 1. The van der Waals surface area contributed by atoms with E-state index in [0.717, 1.165) is 13.0 Å². The highest BCUT2D eigenvalue weighted by Crippen LogP contribution is 2.22. The van der Waals surface area contributed by atoms with E-state index in [0.29, 0.717) is 6.04 Å². The van der Waals surface area contributed by atoms with Gasteiger partial charge in [-0.3, -0.25) is 4.68 Å². The molecule has 1 rings (SSSR count). The molecule has 0 saturated carbocycles. The van der Waals surface area contributed by atoms with Crippen LogP contribution in [0, 0.1) is 0 Å². The van der Waals surface area contributed by atoms with Gasteiger partial charge in [-0.25, -0.2) is 0 Å². The second-order valence-corrected chi connectivity index (χ2v) is 6.27. The minimum atomic E-state index is 0.287. The first kappa shape index (κ1) is 13.6. The molecule has 1 unspecified atom stereocenters. The molecular formula is C12H23N3S. The van der Waals surface area contributed by atoms with Gasteiger partial charge < -0.3 is 5.32 Å². The molecule has 0 fully saturated rings. The third-order valence-electron chi connectivity index (χ3n) is 2.86. The van der Waals surface area contributed by atoms with Crippen LogP contribution in [0.5, 0.6) is 0 Å². The Morgan fingerprint density at radius 3 is 2.69 bits per heavy atom. The van der Waals surface area contributed by atoms with Crippen LogP contribution in [0.2, 0.25) is 0 Å². The van der Waals surface area contributed by atoms with Crippen molar-refractivity contribution in [1.82, 2.24) is 15.1 Å². The van der Waals surface area contributed by atoms with Crippen LogP contribution in [0.1, 0.15) is 38.8 Å². The van der Waals surface area contributed by atoms with E-state index >= 15 is 0 Å². The molecule has 4 heteroatoms. The van der Waals surface area contributed by atoms with E-state index in [9.17, 15) is 0 Å². The highest BCUT2D eigenvalue weighted by atomic mass is 32.2. The van der Waals surface area contributed by atoms with Gasteiger partial charge in [0.1, 0.15) is 0 Å². The summed E-state index contributed by atoms with van der Waals surface area (Å²) in [4.78, 5) is 0. The smallest absolute Gasteiger partial charge is 0.0537 e. The van der Waals surface area contributed by atoms with Crippen molar-refractivity contribution in [2.45, 2.75) is 38.0 Å². The Balaban J connectivity index is 2.56. The third-order valence-corrected chi connectivity index (χ3v) is 4.11. The maximum atomic E-state index is 4.22. The summed E-state index contributed by atoms with van der Waals surface area (Å²) in [6, 6.07) is 0.417. The van der Waals surface area contributed by atoms with Crippen LogP contribution >= 0.6 is 11.8 Å². The fourth-order valence-electron chi connectivity index (χ4n) is 1.56. The molecular weight excluding hydrogens is 218 g/mol. The van der Waals surface area contributed by atoms with E-state index in [4.69, 9.17) is 0 Å². The number of hydrogen-bond acceptors (Lipinski definition) is 3. The predicted octanol–water partition coefficient (Wildman–Crippen LogP) is 2.60. The second kappa shape index (κ2) is 5.73. The van der Waals surface area contributed by atoms with Gasteiger partial charge in [-0.2, -0.15) is 16.9 Å². The molecule has 1 heterocycles. The Hall–Kier alpha value is -0.480. The molecule has 0 radical (unpaired) electrons. The molecule has 0 aliphatic heterocycles. The summed E-state index contributed by atoms with van der Waals surface area (Å²) in [5.74, 6) is 0. The van der Waals surface area contributed by atoms with Crippen LogP contribution in [0.15, 0.2) is 12.4 Å². The molecule has 92 valence electrons. The lowest BCUT2D eigenvalue weighted by Crippen LogP contribution is -2.34. The summed E-state index contributed by atoms with van der Waals surface area (Å²) in [5, 5.41) is 7.84. The summed E-state index contributed by atoms with van der Waals surface area (Å²) in [5.41, 5.74) is 1.28. The van der Waals surface area contributed by atoms with Crippen molar-refractivity contribution in [3.63, 3.8) is 0 Å². The maximum Gasteiger partial charge on any atom is 0.0537 e. The Morgan fingerprint density at radius 1 is 1.56 bits per heavy atom. The first-order valence-electron chi connectivity index (χ1n) is 5.75. The van der Waals surface area contributed by atoms with Crippen LogP contribution in [-0.4, -0.2) is 27.3 Å². The highest BCUT2D eigenvalue weighted by molar-refractivity contribution is 7.99. The van der Waals surface area contributed by atoms with Crippen molar-refractivity contribution < 1.29 is 0 Å². The van der Waals surface area contributed by atoms with E-state index in [1.54, 1.807) is 0 Å². The highest BCUT2D eigenvalue weighted by Gasteiger charge is 2.18. The largest absolute Gasteiger partial charge is 0.308 e. The number of nitrogens with one attached hydrogen (secondary N) is 1. The van der Waals surface area contributed by atoms with Crippen LogP contribution in [0.25, 0.3) is 0 Å². The molecule has 1 aromatic heterocycles. The minimum Gasteiger partial charge on any atom is -0.308 e. The van der Waals surface area contributed by atoms with Crippen molar-refractivity contribution in [2.24, 2.45) is 7.05 Å². The van der Waals surface area contributed by atoms with Gasteiger partial charge in [-0.1, -0.05) is 6.92 Å². The lowest BCUT2D eigenvalue weighted by molar-refractivity contribution is 0.484. The minimum absolute atomic E-state index is 0.287. The van der Waals surface area contributed by atoms with Crippen molar-refractivity contribution in [3.8, 4) is 0 Å². The topological polar surface area (TPSA) is 29.9 Å². The number of nitrogens with zero attached hydrogens (tertiary/aromatic N) is 2. The van der Waals surface area contributed by atoms with E-state index in [2.05, 4.69) is 43.6 Å². The zero-order chi connectivity index (χ0) is 12.2. The molecule has 1 N–H and O–H groups in total.